The lowest BCUT2D eigenvalue weighted by Crippen LogP contribution is -2.46. The average Bonchev–Trinajstić information content (AvgIpc) is 3.22. The van der Waals surface area contributed by atoms with Crippen molar-refractivity contribution in [1.82, 2.24) is 9.62 Å². The minimum Gasteiger partial charge on any atom is -0.375 e. The largest absolute Gasteiger partial charge is 0.375 e. The highest BCUT2D eigenvalue weighted by Gasteiger charge is 2.41. The van der Waals surface area contributed by atoms with Crippen molar-refractivity contribution in [3.63, 3.8) is 0 Å². The normalized spacial score (nSPS) is 19.4. The molecule has 2 aromatic carbocycles. The molecule has 2 saturated heterocycles. The van der Waals surface area contributed by atoms with E-state index in [4.69, 9.17) is 4.74 Å². The summed E-state index contributed by atoms with van der Waals surface area (Å²) in [5.41, 5.74) is 3.11. The van der Waals surface area contributed by atoms with Crippen LogP contribution < -0.4 is 5.32 Å². The van der Waals surface area contributed by atoms with Gasteiger partial charge in [-0.2, -0.15) is 4.31 Å². The number of nitrogens with one attached hydrogen (secondary N) is 1. The summed E-state index contributed by atoms with van der Waals surface area (Å²) in [6.07, 6.45) is 4.84. The first kappa shape index (κ1) is 21.5. The molecule has 162 valence electrons. The number of sulfonamides is 1. The van der Waals surface area contributed by atoms with Crippen LogP contribution in [0.5, 0.6) is 0 Å². The smallest absolute Gasteiger partial charge is 0.243 e. The fraction of sp³-hybridized carbons (Fsp3) is 0.500. The van der Waals surface area contributed by atoms with E-state index in [0.717, 1.165) is 62.9 Å². The van der Waals surface area contributed by atoms with Gasteiger partial charge in [-0.05, 0) is 67.5 Å². The molecule has 0 aromatic heterocycles. The number of benzene rings is 2. The Morgan fingerprint density at radius 2 is 1.80 bits per heavy atom. The Balaban J connectivity index is 1.47. The molecule has 0 aliphatic carbocycles. The van der Waals surface area contributed by atoms with Gasteiger partial charge in [0, 0.05) is 26.2 Å². The van der Waals surface area contributed by atoms with Gasteiger partial charge in [-0.3, -0.25) is 0 Å². The van der Waals surface area contributed by atoms with Gasteiger partial charge in [0.25, 0.3) is 0 Å². The summed E-state index contributed by atoms with van der Waals surface area (Å²) >= 11 is 0. The molecule has 4 rings (SSSR count). The number of hydrogen-bond donors (Lipinski definition) is 1. The van der Waals surface area contributed by atoms with Crippen LogP contribution in [0.4, 0.5) is 0 Å². The Morgan fingerprint density at radius 1 is 1.03 bits per heavy atom. The molecule has 2 aliphatic heterocycles. The number of ether oxygens (including phenoxy) is 1. The van der Waals surface area contributed by atoms with Crippen molar-refractivity contribution in [2.24, 2.45) is 0 Å². The highest BCUT2D eigenvalue weighted by Crippen LogP contribution is 2.37. The Kier molecular flexibility index (Phi) is 6.58. The van der Waals surface area contributed by atoms with E-state index in [1.54, 1.807) is 16.4 Å². The van der Waals surface area contributed by atoms with Crippen molar-refractivity contribution in [2.45, 2.75) is 56.1 Å². The fourth-order valence-corrected chi connectivity index (χ4v) is 5.98. The molecular formula is C24H32N2O3S. The standard InChI is InChI=1S/C24H32N2O3S/c1-2-14-25-19-20-7-9-21(10-8-20)22-5-3-6-23(18-22)30(27,28)26-15-12-24(13-16-26)11-4-17-29-24/h3,5-10,18,25H,2,4,11-17,19H2,1H3. The number of nitrogens with zero attached hydrogens (tertiary/aromatic N) is 1. The van der Waals surface area contributed by atoms with Crippen molar-refractivity contribution in [1.29, 1.82) is 0 Å². The summed E-state index contributed by atoms with van der Waals surface area (Å²) in [4.78, 5) is 0.372. The summed E-state index contributed by atoms with van der Waals surface area (Å²) in [7, 11) is -3.49. The summed E-state index contributed by atoms with van der Waals surface area (Å²) in [5, 5.41) is 3.40. The minimum atomic E-state index is -3.49. The van der Waals surface area contributed by atoms with E-state index < -0.39 is 10.0 Å². The SMILES string of the molecule is CCCNCc1ccc(-c2cccc(S(=O)(=O)N3CCC4(CCCO4)CC3)c2)cc1. The summed E-state index contributed by atoms with van der Waals surface area (Å²) in [5.74, 6) is 0. The maximum Gasteiger partial charge on any atom is 0.243 e. The predicted molar refractivity (Wildman–Crippen MR) is 120 cm³/mol. The highest BCUT2D eigenvalue weighted by molar-refractivity contribution is 7.89. The van der Waals surface area contributed by atoms with Crippen LogP contribution >= 0.6 is 0 Å². The molecule has 0 saturated carbocycles. The molecule has 2 aromatic rings. The van der Waals surface area contributed by atoms with Gasteiger partial charge < -0.3 is 10.1 Å². The molecule has 5 nitrogen and oxygen atoms in total. The van der Waals surface area contributed by atoms with E-state index in [2.05, 4.69) is 36.5 Å². The third-order valence-electron chi connectivity index (χ3n) is 6.33. The lowest BCUT2D eigenvalue weighted by molar-refractivity contribution is -0.0309. The second-order valence-corrected chi connectivity index (χ2v) is 10.4. The van der Waals surface area contributed by atoms with E-state index in [1.807, 2.05) is 12.1 Å². The van der Waals surface area contributed by atoms with Gasteiger partial charge in [-0.25, -0.2) is 8.42 Å². The van der Waals surface area contributed by atoms with Crippen molar-refractivity contribution in [3.8, 4) is 11.1 Å². The van der Waals surface area contributed by atoms with Gasteiger partial charge in [0.1, 0.15) is 0 Å². The van der Waals surface area contributed by atoms with E-state index >= 15 is 0 Å². The molecule has 0 radical (unpaired) electrons. The molecule has 1 spiro atoms. The summed E-state index contributed by atoms with van der Waals surface area (Å²) in [6.45, 7) is 5.88. The molecule has 0 amide bonds. The zero-order valence-corrected chi connectivity index (χ0v) is 18.6. The molecule has 30 heavy (non-hydrogen) atoms. The van der Waals surface area contributed by atoms with Crippen LogP contribution in [0.25, 0.3) is 11.1 Å². The molecular weight excluding hydrogens is 396 g/mol. The van der Waals surface area contributed by atoms with Gasteiger partial charge in [0.2, 0.25) is 10.0 Å². The lowest BCUT2D eigenvalue weighted by atomic mass is 9.90. The topological polar surface area (TPSA) is 58.6 Å². The molecule has 0 unspecified atom stereocenters. The maximum absolute atomic E-state index is 13.3. The van der Waals surface area contributed by atoms with Gasteiger partial charge in [-0.15, -0.1) is 0 Å². The van der Waals surface area contributed by atoms with Crippen LogP contribution in [-0.4, -0.2) is 44.6 Å². The van der Waals surface area contributed by atoms with Gasteiger partial charge in [0.05, 0.1) is 10.5 Å². The summed E-state index contributed by atoms with van der Waals surface area (Å²) < 4.78 is 34.1. The Hall–Kier alpha value is -1.73. The van der Waals surface area contributed by atoms with Crippen molar-refractivity contribution >= 4 is 10.0 Å². The fourth-order valence-electron chi connectivity index (χ4n) is 4.49. The van der Waals surface area contributed by atoms with Crippen LogP contribution in [0.2, 0.25) is 0 Å². The van der Waals surface area contributed by atoms with Gasteiger partial charge >= 0.3 is 0 Å². The van der Waals surface area contributed by atoms with E-state index in [9.17, 15) is 8.42 Å². The molecule has 0 atom stereocenters. The first-order valence-electron chi connectivity index (χ1n) is 11.1. The van der Waals surface area contributed by atoms with E-state index in [-0.39, 0.29) is 5.60 Å². The van der Waals surface area contributed by atoms with Gasteiger partial charge in [-0.1, -0.05) is 43.3 Å². The highest BCUT2D eigenvalue weighted by atomic mass is 32.2. The third kappa shape index (κ3) is 4.62. The maximum atomic E-state index is 13.3. The van der Waals surface area contributed by atoms with Crippen LogP contribution in [0, 0.1) is 0 Å². The molecule has 2 heterocycles. The molecule has 6 heteroatoms. The van der Waals surface area contributed by atoms with Crippen LogP contribution in [0.1, 0.15) is 44.6 Å². The number of rotatable bonds is 7. The Morgan fingerprint density at radius 3 is 2.47 bits per heavy atom. The van der Waals surface area contributed by atoms with Gasteiger partial charge in [0.15, 0.2) is 0 Å². The van der Waals surface area contributed by atoms with E-state index in [0.29, 0.717) is 18.0 Å². The second-order valence-electron chi connectivity index (χ2n) is 8.44. The Bertz CT molecular complexity index is 941. The van der Waals surface area contributed by atoms with Crippen LogP contribution in [0.15, 0.2) is 53.4 Å². The monoisotopic (exact) mass is 428 g/mol. The Labute approximate surface area is 180 Å². The summed E-state index contributed by atoms with van der Waals surface area (Å²) in [6, 6.07) is 15.7. The first-order valence-corrected chi connectivity index (χ1v) is 12.5. The van der Waals surface area contributed by atoms with Crippen LogP contribution in [0.3, 0.4) is 0 Å². The number of hydrogen-bond acceptors (Lipinski definition) is 4. The quantitative estimate of drug-likeness (QED) is 0.672. The second kappa shape index (κ2) is 9.18. The zero-order chi connectivity index (χ0) is 21.0. The van der Waals surface area contributed by atoms with E-state index in [1.165, 1.54) is 5.56 Å². The zero-order valence-electron chi connectivity index (χ0n) is 17.8. The predicted octanol–water partition coefficient (Wildman–Crippen LogP) is 4.19. The molecule has 2 aliphatic rings. The average molecular weight is 429 g/mol. The van der Waals surface area contributed by atoms with Crippen molar-refractivity contribution in [2.75, 3.05) is 26.2 Å². The number of piperidine rings is 1. The minimum absolute atomic E-state index is 0.0817. The molecule has 2 fully saturated rings. The molecule has 1 N–H and O–H groups in total. The van der Waals surface area contributed by atoms with Crippen LogP contribution in [-0.2, 0) is 21.3 Å². The molecule has 0 bridgehead atoms. The first-order chi connectivity index (χ1) is 14.5. The van der Waals surface area contributed by atoms with Crippen molar-refractivity contribution in [3.05, 3.63) is 54.1 Å². The third-order valence-corrected chi connectivity index (χ3v) is 8.23. The van der Waals surface area contributed by atoms with Crippen molar-refractivity contribution < 1.29 is 13.2 Å². The lowest BCUT2D eigenvalue weighted by Gasteiger charge is -2.37.